The predicted molar refractivity (Wildman–Crippen MR) is 79.8 cm³/mol. The molecule has 1 unspecified atom stereocenters. The van der Waals surface area contributed by atoms with Gasteiger partial charge in [-0.05, 0) is 38.0 Å². The molecule has 0 bridgehead atoms. The highest BCUT2D eigenvalue weighted by Gasteiger charge is 2.44. The van der Waals surface area contributed by atoms with Crippen molar-refractivity contribution >= 4 is 16.1 Å². The van der Waals surface area contributed by atoms with Crippen LogP contribution in [0.2, 0.25) is 0 Å². The first kappa shape index (κ1) is 15.2. The summed E-state index contributed by atoms with van der Waals surface area (Å²) in [7, 11) is -3.33. The molecule has 1 N–H and O–H groups in total. The minimum absolute atomic E-state index is 0.00336. The van der Waals surface area contributed by atoms with Gasteiger partial charge >= 0.3 is 0 Å². The van der Waals surface area contributed by atoms with E-state index in [-0.39, 0.29) is 17.4 Å². The van der Waals surface area contributed by atoms with Crippen LogP contribution in [0.3, 0.4) is 0 Å². The Morgan fingerprint density at radius 3 is 2.48 bits per heavy atom. The molecule has 0 aliphatic carbocycles. The molecule has 120 valence electrons. The molecule has 21 heavy (non-hydrogen) atoms. The second kappa shape index (κ2) is 5.52. The van der Waals surface area contributed by atoms with Gasteiger partial charge < -0.3 is 5.32 Å². The standard InChI is InChI=1S/C14H25N3O3S/c1-12-4-2-3-7-17(12)21(19,20)16-8-5-14(6-9-16)10-13(18)15-11-14/h12H,2-11H2,1H3,(H,15,18). The first-order valence-electron chi connectivity index (χ1n) is 7.97. The molecule has 7 heteroatoms. The number of rotatable bonds is 2. The van der Waals surface area contributed by atoms with Crippen molar-refractivity contribution in [1.29, 1.82) is 0 Å². The van der Waals surface area contributed by atoms with E-state index in [1.807, 2.05) is 6.92 Å². The van der Waals surface area contributed by atoms with Crippen molar-refractivity contribution in [3.63, 3.8) is 0 Å². The first-order chi connectivity index (χ1) is 9.93. The minimum Gasteiger partial charge on any atom is -0.356 e. The summed E-state index contributed by atoms with van der Waals surface area (Å²) < 4.78 is 28.9. The van der Waals surface area contributed by atoms with E-state index in [1.54, 1.807) is 8.61 Å². The van der Waals surface area contributed by atoms with E-state index in [1.165, 1.54) is 0 Å². The van der Waals surface area contributed by atoms with Crippen LogP contribution < -0.4 is 5.32 Å². The van der Waals surface area contributed by atoms with E-state index in [0.717, 1.165) is 32.1 Å². The van der Waals surface area contributed by atoms with E-state index in [0.29, 0.717) is 32.6 Å². The summed E-state index contributed by atoms with van der Waals surface area (Å²) in [5.41, 5.74) is -0.00336. The van der Waals surface area contributed by atoms with Crippen LogP contribution in [0.25, 0.3) is 0 Å². The molecule has 1 atom stereocenters. The lowest BCUT2D eigenvalue weighted by Crippen LogP contribution is -2.53. The van der Waals surface area contributed by atoms with E-state index < -0.39 is 10.2 Å². The van der Waals surface area contributed by atoms with Gasteiger partial charge in [0.05, 0.1) is 0 Å². The van der Waals surface area contributed by atoms with Gasteiger partial charge in [0.1, 0.15) is 0 Å². The highest BCUT2D eigenvalue weighted by Crippen LogP contribution is 2.38. The molecule has 3 fully saturated rings. The molecule has 0 aromatic rings. The lowest BCUT2D eigenvalue weighted by Gasteiger charge is -2.41. The molecule has 3 aliphatic rings. The quantitative estimate of drug-likeness (QED) is 0.816. The molecule has 3 heterocycles. The average molecular weight is 315 g/mol. The molecule has 0 saturated carbocycles. The summed E-state index contributed by atoms with van der Waals surface area (Å²) >= 11 is 0. The fraction of sp³-hybridized carbons (Fsp3) is 0.929. The van der Waals surface area contributed by atoms with E-state index in [9.17, 15) is 13.2 Å². The molecule has 0 aromatic carbocycles. The molecule has 3 aliphatic heterocycles. The van der Waals surface area contributed by atoms with Crippen molar-refractivity contribution in [3.05, 3.63) is 0 Å². The van der Waals surface area contributed by atoms with Gasteiger partial charge in [-0.3, -0.25) is 4.79 Å². The minimum atomic E-state index is -3.33. The number of carbonyl (C=O) groups excluding carboxylic acids is 1. The third-order valence-electron chi connectivity index (χ3n) is 5.34. The smallest absolute Gasteiger partial charge is 0.282 e. The fourth-order valence-electron chi connectivity index (χ4n) is 3.86. The maximum Gasteiger partial charge on any atom is 0.282 e. The molecule has 1 amide bonds. The third-order valence-corrected chi connectivity index (χ3v) is 7.50. The third kappa shape index (κ3) is 2.83. The molecule has 0 radical (unpaired) electrons. The number of hydrogen-bond acceptors (Lipinski definition) is 3. The van der Waals surface area contributed by atoms with Crippen molar-refractivity contribution in [2.75, 3.05) is 26.2 Å². The number of carbonyl (C=O) groups is 1. The Labute approximate surface area is 127 Å². The molecule has 3 rings (SSSR count). The van der Waals surface area contributed by atoms with Crippen molar-refractivity contribution in [3.8, 4) is 0 Å². The van der Waals surface area contributed by atoms with Crippen LogP contribution in [0.15, 0.2) is 0 Å². The summed E-state index contributed by atoms with van der Waals surface area (Å²) in [6.07, 6.45) is 5.15. The van der Waals surface area contributed by atoms with E-state index >= 15 is 0 Å². The number of piperidine rings is 2. The maximum absolute atomic E-state index is 12.8. The Morgan fingerprint density at radius 2 is 1.90 bits per heavy atom. The molecular formula is C14H25N3O3S. The summed E-state index contributed by atoms with van der Waals surface area (Å²) in [4.78, 5) is 11.4. The van der Waals surface area contributed by atoms with Crippen LogP contribution in [-0.4, -0.2) is 55.2 Å². The normalized spacial score (nSPS) is 31.5. The number of hydrogen-bond donors (Lipinski definition) is 1. The molecule has 1 spiro atoms. The van der Waals surface area contributed by atoms with Gasteiger partial charge in [-0.2, -0.15) is 17.0 Å². The fourth-order valence-corrected chi connectivity index (χ4v) is 5.72. The summed E-state index contributed by atoms with van der Waals surface area (Å²) in [5.74, 6) is 0.107. The van der Waals surface area contributed by atoms with E-state index in [4.69, 9.17) is 0 Å². The summed E-state index contributed by atoms with van der Waals surface area (Å²) in [6.45, 7) is 4.44. The van der Waals surface area contributed by atoms with Crippen molar-refractivity contribution in [2.45, 2.75) is 51.5 Å². The second-order valence-corrected chi connectivity index (χ2v) is 8.70. The van der Waals surface area contributed by atoms with Crippen LogP contribution in [0.1, 0.15) is 45.4 Å². The lowest BCUT2D eigenvalue weighted by molar-refractivity contribution is -0.119. The Hall–Kier alpha value is -0.660. The second-order valence-electron chi connectivity index (χ2n) is 6.82. The zero-order chi connectivity index (χ0) is 15.1. The van der Waals surface area contributed by atoms with E-state index in [2.05, 4.69) is 5.32 Å². The number of nitrogens with one attached hydrogen (secondary N) is 1. The van der Waals surface area contributed by atoms with Crippen LogP contribution in [-0.2, 0) is 15.0 Å². The number of nitrogens with zero attached hydrogens (tertiary/aromatic N) is 2. The summed E-state index contributed by atoms with van der Waals surface area (Å²) in [6, 6.07) is 0.106. The maximum atomic E-state index is 12.8. The van der Waals surface area contributed by atoms with Crippen molar-refractivity contribution < 1.29 is 13.2 Å². The predicted octanol–water partition coefficient (Wildman–Crippen LogP) is 0.708. The number of amides is 1. The van der Waals surface area contributed by atoms with Gasteiger partial charge in [0, 0.05) is 38.6 Å². The molecule has 0 aromatic heterocycles. The highest BCUT2D eigenvalue weighted by molar-refractivity contribution is 7.86. The van der Waals surface area contributed by atoms with Crippen molar-refractivity contribution in [1.82, 2.24) is 13.9 Å². The topological polar surface area (TPSA) is 69.7 Å². The molecular weight excluding hydrogens is 290 g/mol. The first-order valence-corrected chi connectivity index (χ1v) is 9.36. The van der Waals surface area contributed by atoms with Crippen LogP contribution in [0, 0.1) is 5.41 Å². The zero-order valence-corrected chi connectivity index (χ0v) is 13.5. The van der Waals surface area contributed by atoms with Gasteiger partial charge in [0.2, 0.25) is 5.91 Å². The molecule has 6 nitrogen and oxygen atoms in total. The van der Waals surface area contributed by atoms with Crippen LogP contribution >= 0.6 is 0 Å². The van der Waals surface area contributed by atoms with Crippen molar-refractivity contribution in [2.24, 2.45) is 5.41 Å². The zero-order valence-electron chi connectivity index (χ0n) is 12.7. The summed E-state index contributed by atoms with van der Waals surface area (Å²) in [5, 5.41) is 2.89. The molecule has 3 saturated heterocycles. The SMILES string of the molecule is CC1CCCCN1S(=O)(=O)N1CCC2(CC1)CNC(=O)C2. The highest BCUT2D eigenvalue weighted by atomic mass is 32.2. The largest absolute Gasteiger partial charge is 0.356 e. The van der Waals surface area contributed by atoms with Gasteiger partial charge in [0.25, 0.3) is 10.2 Å². The Morgan fingerprint density at radius 1 is 1.19 bits per heavy atom. The van der Waals surface area contributed by atoms with Gasteiger partial charge in [-0.25, -0.2) is 0 Å². The van der Waals surface area contributed by atoms with Gasteiger partial charge in [0.15, 0.2) is 0 Å². The Bertz CT molecular complexity index is 512. The lowest BCUT2D eigenvalue weighted by atomic mass is 9.78. The van der Waals surface area contributed by atoms with Crippen LogP contribution in [0.5, 0.6) is 0 Å². The monoisotopic (exact) mass is 315 g/mol. The van der Waals surface area contributed by atoms with Crippen LogP contribution in [0.4, 0.5) is 0 Å². The van der Waals surface area contributed by atoms with Gasteiger partial charge in [-0.15, -0.1) is 0 Å². The Balaban J connectivity index is 1.67. The van der Waals surface area contributed by atoms with Gasteiger partial charge in [-0.1, -0.05) is 6.42 Å². The Kier molecular flexibility index (Phi) is 4.00. The average Bonchev–Trinajstić information content (AvgIpc) is 2.80.